The lowest BCUT2D eigenvalue weighted by Crippen LogP contribution is -2.15. The lowest BCUT2D eigenvalue weighted by molar-refractivity contribution is 0.600. The second-order valence-corrected chi connectivity index (χ2v) is 6.44. The molecule has 0 atom stereocenters. The summed E-state index contributed by atoms with van der Waals surface area (Å²) >= 11 is 0. The van der Waals surface area contributed by atoms with Gasteiger partial charge in [-0.2, -0.15) is 0 Å². The molecule has 0 fully saturated rings. The Balaban J connectivity index is 2.10. The minimum atomic E-state index is -3.53. The standard InChI is InChI=1S/C15H17FN2O2S/c1-17-10-13-3-2-4-15(9-13)18-21(19,20)11-12-5-7-14(16)8-6-12/h2-9,17-18H,10-11H2,1H3. The third-order valence-corrected chi connectivity index (χ3v) is 4.11. The summed E-state index contributed by atoms with van der Waals surface area (Å²) in [6.45, 7) is 0.660. The summed E-state index contributed by atoms with van der Waals surface area (Å²) in [5.74, 6) is -0.576. The molecule has 4 nitrogen and oxygen atoms in total. The van der Waals surface area contributed by atoms with Crippen LogP contribution in [0.2, 0.25) is 0 Å². The van der Waals surface area contributed by atoms with Crippen LogP contribution in [-0.2, 0) is 22.3 Å². The molecule has 21 heavy (non-hydrogen) atoms. The van der Waals surface area contributed by atoms with Crippen LogP contribution in [0.1, 0.15) is 11.1 Å². The van der Waals surface area contributed by atoms with Crippen molar-refractivity contribution in [2.75, 3.05) is 11.8 Å². The lowest BCUT2D eigenvalue weighted by Gasteiger charge is -2.09. The first-order chi connectivity index (χ1) is 9.98. The maximum Gasteiger partial charge on any atom is 0.236 e. The van der Waals surface area contributed by atoms with E-state index in [0.717, 1.165) is 5.56 Å². The van der Waals surface area contributed by atoms with Crippen molar-refractivity contribution >= 4 is 15.7 Å². The third kappa shape index (κ3) is 4.84. The first kappa shape index (κ1) is 15.5. The van der Waals surface area contributed by atoms with Gasteiger partial charge < -0.3 is 5.32 Å². The highest BCUT2D eigenvalue weighted by molar-refractivity contribution is 7.91. The summed E-state index contributed by atoms with van der Waals surface area (Å²) in [4.78, 5) is 0. The molecular weight excluding hydrogens is 291 g/mol. The molecule has 6 heteroatoms. The zero-order chi connectivity index (χ0) is 15.3. The topological polar surface area (TPSA) is 58.2 Å². The van der Waals surface area contributed by atoms with Gasteiger partial charge in [-0.05, 0) is 42.4 Å². The van der Waals surface area contributed by atoms with Crippen molar-refractivity contribution in [3.05, 3.63) is 65.5 Å². The molecule has 2 aromatic carbocycles. The molecule has 2 rings (SSSR count). The Morgan fingerprint density at radius 3 is 2.43 bits per heavy atom. The molecule has 0 heterocycles. The zero-order valence-corrected chi connectivity index (χ0v) is 12.5. The molecule has 2 aromatic rings. The van der Waals surface area contributed by atoms with Gasteiger partial charge in [-0.1, -0.05) is 24.3 Å². The molecule has 0 aliphatic carbocycles. The van der Waals surface area contributed by atoms with Gasteiger partial charge in [0.25, 0.3) is 0 Å². The van der Waals surface area contributed by atoms with Crippen molar-refractivity contribution in [3.8, 4) is 0 Å². The van der Waals surface area contributed by atoms with Crippen LogP contribution >= 0.6 is 0 Å². The van der Waals surface area contributed by atoms with Crippen LogP contribution in [0.3, 0.4) is 0 Å². The van der Waals surface area contributed by atoms with Gasteiger partial charge in [-0.15, -0.1) is 0 Å². The highest BCUT2D eigenvalue weighted by atomic mass is 32.2. The van der Waals surface area contributed by atoms with E-state index in [0.29, 0.717) is 17.8 Å². The average Bonchev–Trinajstić information content (AvgIpc) is 2.41. The number of benzene rings is 2. The molecule has 0 unspecified atom stereocenters. The molecule has 112 valence electrons. The van der Waals surface area contributed by atoms with E-state index < -0.39 is 10.0 Å². The first-order valence-electron chi connectivity index (χ1n) is 6.47. The van der Waals surface area contributed by atoms with E-state index in [1.807, 2.05) is 13.1 Å². The largest absolute Gasteiger partial charge is 0.316 e. The van der Waals surface area contributed by atoms with Crippen molar-refractivity contribution in [3.63, 3.8) is 0 Å². The first-order valence-corrected chi connectivity index (χ1v) is 8.12. The predicted octanol–water partition coefficient (Wildman–Crippen LogP) is 2.49. The van der Waals surface area contributed by atoms with Gasteiger partial charge in [0.2, 0.25) is 10.0 Å². The smallest absolute Gasteiger partial charge is 0.236 e. The minimum Gasteiger partial charge on any atom is -0.316 e. The van der Waals surface area contributed by atoms with E-state index >= 15 is 0 Å². The van der Waals surface area contributed by atoms with Crippen LogP contribution in [-0.4, -0.2) is 15.5 Å². The quantitative estimate of drug-likeness (QED) is 0.862. The Bertz CT molecular complexity index is 700. The van der Waals surface area contributed by atoms with Crippen molar-refractivity contribution in [1.29, 1.82) is 0 Å². The predicted molar refractivity (Wildman–Crippen MR) is 81.9 cm³/mol. The number of rotatable bonds is 6. The second-order valence-electron chi connectivity index (χ2n) is 4.72. The Morgan fingerprint density at radius 1 is 1.05 bits per heavy atom. The van der Waals surface area contributed by atoms with Gasteiger partial charge in [0, 0.05) is 12.2 Å². The van der Waals surface area contributed by atoms with Crippen LogP contribution in [0, 0.1) is 5.82 Å². The molecule has 0 aliphatic rings. The van der Waals surface area contributed by atoms with Crippen LogP contribution in [0.4, 0.5) is 10.1 Å². The summed E-state index contributed by atoms with van der Waals surface area (Å²) in [5, 5.41) is 3.01. The van der Waals surface area contributed by atoms with E-state index in [-0.39, 0.29) is 11.6 Å². The summed E-state index contributed by atoms with van der Waals surface area (Å²) in [7, 11) is -1.70. The summed E-state index contributed by atoms with van der Waals surface area (Å²) < 4.78 is 39.5. The number of hydrogen-bond donors (Lipinski definition) is 2. The summed E-state index contributed by atoms with van der Waals surface area (Å²) in [6.07, 6.45) is 0. The van der Waals surface area contributed by atoms with Gasteiger partial charge >= 0.3 is 0 Å². The Morgan fingerprint density at radius 2 is 1.76 bits per heavy atom. The molecule has 0 aromatic heterocycles. The maximum atomic E-state index is 12.8. The molecule has 0 saturated carbocycles. The Kier molecular flexibility index (Phi) is 4.93. The summed E-state index contributed by atoms with van der Waals surface area (Å²) in [6, 6.07) is 12.6. The van der Waals surface area contributed by atoms with E-state index in [4.69, 9.17) is 0 Å². The fraction of sp³-hybridized carbons (Fsp3) is 0.200. The Hall–Kier alpha value is -1.92. The molecule has 0 bridgehead atoms. The Labute approximate surface area is 124 Å². The summed E-state index contributed by atoms with van der Waals surface area (Å²) in [5.41, 5.74) is 2.04. The molecule has 0 spiro atoms. The highest BCUT2D eigenvalue weighted by Crippen LogP contribution is 2.15. The fourth-order valence-corrected chi connectivity index (χ4v) is 3.15. The molecular formula is C15H17FN2O2S. The highest BCUT2D eigenvalue weighted by Gasteiger charge is 2.12. The van der Waals surface area contributed by atoms with Gasteiger partial charge in [-0.3, -0.25) is 4.72 Å². The monoisotopic (exact) mass is 308 g/mol. The normalized spacial score (nSPS) is 11.3. The van der Waals surface area contributed by atoms with Crippen molar-refractivity contribution in [2.24, 2.45) is 0 Å². The van der Waals surface area contributed by atoms with Crippen LogP contribution in [0.5, 0.6) is 0 Å². The fourth-order valence-electron chi connectivity index (χ4n) is 1.96. The molecule has 0 saturated heterocycles. The van der Waals surface area contributed by atoms with Crippen molar-refractivity contribution in [1.82, 2.24) is 5.32 Å². The number of nitrogens with one attached hydrogen (secondary N) is 2. The van der Waals surface area contributed by atoms with E-state index in [2.05, 4.69) is 10.0 Å². The second kappa shape index (κ2) is 6.69. The molecule has 0 aliphatic heterocycles. The third-order valence-electron chi connectivity index (χ3n) is 2.85. The van der Waals surface area contributed by atoms with Crippen molar-refractivity contribution in [2.45, 2.75) is 12.3 Å². The zero-order valence-electron chi connectivity index (χ0n) is 11.6. The number of halogens is 1. The van der Waals surface area contributed by atoms with Crippen LogP contribution < -0.4 is 10.0 Å². The maximum absolute atomic E-state index is 12.8. The molecule has 0 amide bonds. The van der Waals surface area contributed by atoms with E-state index in [9.17, 15) is 12.8 Å². The van der Waals surface area contributed by atoms with Crippen LogP contribution in [0.25, 0.3) is 0 Å². The van der Waals surface area contributed by atoms with Crippen LogP contribution in [0.15, 0.2) is 48.5 Å². The van der Waals surface area contributed by atoms with Gasteiger partial charge in [0.05, 0.1) is 5.75 Å². The number of sulfonamides is 1. The molecule has 0 radical (unpaired) electrons. The lowest BCUT2D eigenvalue weighted by atomic mass is 10.2. The number of hydrogen-bond acceptors (Lipinski definition) is 3. The van der Waals surface area contributed by atoms with Gasteiger partial charge in [0.15, 0.2) is 0 Å². The minimum absolute atomic E-state index is 0.191. The van der Waals surface area contributed by atoms with Gasteiger partial charge in [0.1, 0.15) is 5.82 Å². The van der Waals surface area contributed by atoms with E-state index in [1.54, 1.807) is 18.2 Å². The van der Waals surface area contributed by atoms with Gasteiger partial charge in [-0.25, -0.2) is 12.8 Å². The number of anilines is 1. The average molecular weight is 308 g/mol. The van der Waals surface area contributed by atoms with Crippen molar-refractivity contribution < 1.29 is 12.8 Å². The molecule has 2 N–H and O–H groups in total. The SMILES string of the molecule is CNCc1cccc(NS(=O)(=O)Cc2ccc(F)cc2)c1. The van der Waals surface area contributed by atoms with E-state index in [1.165, 1.54) is 24.3 Å².